The molecule has 1 N–H and O–H groups in total. The van der Waals surface area contributed by atoms with E-state index in [1.54, 1.807) is 23.1 Å². The molecule has 2 atom stereocenters. The first-order valence-electron chi connectivity index (χ1n) is 6.22. The molecule has 0 spiro atoms. The van der Waals surface area contributed by atoms with Gasteiger partial charge in [-0.15, -0.1) is 0 Å². The van der Waals surface area contributed by atoms with E-state index < -0.39 is 0 Å². The molecule has 0 aromatic heterocycles. The van der Waals surface area contributed by atoms with E-state index >= 15 is 0 Å². The predicted octanol–water partition coefficient (Wildman–Crippen LogP) is 2.39. The zero-order valence-electron chi connectivity index (χ0n) is 10.8. The van der Waals surface area contributed by atoms with Crippen LogP contribution in [0.5, 0.6) is 11.5 Å². The molecule has 4 heteroatoms. The smallest absolute Gasteiger partial charge is 0.224 e. The van der Waals surface area contributed by atoms with Gasteiger partial charge in [-0.3, -0.25) is 9.69 Å². The quantitative estimate of drug-likeness (QED) is 0.776. The summed E-state index contributed by atoms with van der Waals surface area (Å²) in [7, 11) is 0. The first-order chi connectivity index (χ1) is 9.06. The van der Waals surface area contributed by atoms with Crippen molar-refractivity contribution in [3.63, 3.8) is 0 Å². The van der Waals surface area contributed by atoms with Crippen LogP contribution in [0, 0.1) is 0 Å². The molecule has 1 aliphatic carbocycles. The number of carbonyl (C=O) groups excluding carboxylic acids is 1. The van der Waals surface area contributed by atoms with Crippen LogP contribution >= 0.6 is 0 Å². The van der Waals surface area contributed by atoms with Gasteiger partial charge in [0, 0.05) is 13.0 Å². The van der Waals surface area contributed by atoms with Crippen molar-refractivity contribution in [1.29, 1.82) is 0 Å². The second-order valence-corrected chi connectivity index (χ2v) is 4.88. The minimum Gasteiger partial charge on any atom is -0.508 e. The van der Waals surface area contributed by atoms with E-state index in [0.717, 1.165) is 5.57 Å². The standard InChI is InChI=1S/C15H15NO3/c1-9-3-5-12-14(7-9)19-15-8-11(18)4-6-13(15)16(12)10(2)17/h3-8,12,14,18H,1-2H3. The van der Waals surface area contributed by atoms with E-state index in [-0.39, 0.29) is 23.8 Å². The first-order valence-corrected chi connectivity index (χ1v) is 6.22. The first kappa shape index (κ1) is 11.8. The van der Waals surface area contributed by atoms with Crippen molar-refractivity contribution in [3.8, 4) is 11.5 Å². The highest BCUT2D eigenvalue weighted by molar-refractivity contribution is 5.95. The number of phenolic OH excluding ortho intramolecular Hbond substituents is 1. The maximum absolute atomic E-state index is 11.9. The molecular formula is C15H15NO3. The Kier molecular flexibility index (Phi) is 2.59. The minimum atomic E-state index is -0.205. The summed E-state index contributed by atoms with van der Waals surface area (Å²) < 4.78 is 5.89. The molecule has 0 saturated heterocycles. The van der Waals surface area contributed by atoms with Crippen molar-refractivity contribution in [2.45, 2.75) is 26.0 Å². The van der Waals surface area contributed by atoms with Crippen molar-refractivity contribution >= 4 is 11.6 Å². The summed E-state index contributed by atoms with van der Waals surface area (Å²) in [5, 5.41) is 9.55. The van der Waals surface area contributed by atoms with Crippen LogP contribution in [0.2, 0.25) is 0 Å². The van der Waals surface area contributed by atoms with Crippen LogP contribution in [0.4, 0.5) is 5.69 Å². The SMILES string of the molecule is CC(=O)N1c2ccc(O)cc2OC2C=C(C)C=CC21. The van der Waals surface area contributed by atoms with Gasteiger partial charge in [-0.2, -0.15) is 0 Å². The topological polar surface area (TPSA) is 49.8 Å². The molecule has 3 rings (SSSR count). The van der Waals surface area contributed by atoms with Gasteiger partial charge in [0.2, 0.25) is 5.91 Å². The second-order valence-electron chi connectivity index (χ2n) is 4.88. The van der Waals surface area contributed by atoms with Crippen LogP contribution in [0.15, 0.2) is 42.0 Å². The fourth-order valence-electron chi connectivity index (χ4n) is 2.59. The summed E-state index contributed by atoms with van der Waals surface area (Å²) in [5.74, 6) is 0.631. The second kappa shape index (κ2) is 4.16. The number of fused-ring (bicyclic) bond motifs is 2. The molecule has 4 nitrogen and oxygen atoms in total. The number of allylic oxidation sites excluding steroid dienone is 2. The summed E-state index contributed by atoms with van der Waals surface area (Å²) in [6.07, 6.45) is 5.76. The van der Waals surface area contributed by atoms with Crippen LogP contribution in [-0.2, 0) is 4.79 Å². The Morgan fingerprint density at radius 3 is 2.95 bits per heavy atom. The zero-order chi connectivity index (χ0) is 13.6. The summed E-state index contributed by atoms with van der Waals surface area (Å²) in [5.41, 5.74) is 1.80. The fourth-order valence-corrected chi connectivity index (χ4v) is 2.59. The lowest BCUT2D eigenvalue weighted by atomic mass is 9.96. The van der Waals surface area contributed by atoms with Crippen molar-refractivity contribution in [3.05, 3.63) is 42.0 Å². The molecule has 1 aliphatic heterocycles. The van der Waals surface area contributed by atoms with Gasteiger partial charge in [0.15, 0.2) is 0 Å². The van der Waals surface area contributed by atoms with Crippen molar-refractivity contribution in [2.75, 3.05) is 4.90 Å². The molecule has 0 radical (unpaired) electrons. The van der Waals surface area contributed by atoms with Crippen LogP contribution in [0.1, 0.15) is 13.8 Å². The lowest BCUT2D eigenvalue weighted by Gasteiger charge is -2.40. The van der Waals surface area contributed by atoms with E-state index in [1.807, 2.05) is 25.2 Å². The maximum Gasteiger partial charge on any atom is 0.224 e. The Bertz CT molecular complexity index is 603. The van der Waals surface area contributed by atoms with E-state index in [2.05, 4.69) is 0 Å². The summed E-state index contributed by atoms with van der Waals surface area (Å²) in [4.78, 5) is 13.6. The lowest BCUT2D eigenvalue weighted by Crippen LogP contribution is -2.50. The molecule has 0 bridgehead atoms. The Morgan fingerprint density at radius 2 is 2.21 bits per heavy atom. The van der Waals surface area contributed by atoms with Crippen molar-refractivity contribution in [1.82, 2.24) is 0 Å². The Hall–Kier alpha value is -2.23. The molecule has 1 heterocycles. The number of phenols is 1. The number of carbonyl (C=O) groups is 1. The van der Waals surface area contributed by atoms with Crippen molar-refractivity contribution < 1.29 is 14.6 Å². The number of hydrogen-bond acceptors (Lipinski definition) is 3. The molecule has 1 aromatic rings. The van der Waals surface area contributed by atoms with Crippen molar-refractivity contribution in [2.24, 2.45) is 0 Å². The normalized spacial score (nSPS) is 24.1. The number of benzene rings is 1. The van der Waals surface area contributed by atoms with Gasteiger partial charge in [-0.1, -0.05) is 17.7 Å². The maximum atomic E-state index is 11.9. The Balaban J connectivity index is 2.12. The minimum absolute atomic E-state index is 0.0390. The van der Waals surface area contributed by atoms with Crippen LogP contribution in [0.3, 0.4) is 0 Å². The molecule has 1 amide bonds. The number of aromatic hydroxyl groups is 1. The van der Waals surface area contributed by atoms with Gasteiger partial charge in [-0.25, -0.2) is 0 Å². The number of rotatable bonds is 0. The van der Waals surface area contributed by atoms with E-state index in [1.165, 1.54) is 6.92 Å². The monoisotopic (exact) mass is 257 g/mol. The molecule has 0 fully saturated rings. The number of anilines is 1. The zero-order valence-corrected chi connectivity index (χ0v) is 10.8. The third-order valence-electron chi connectivity index (χ3n) is 3.42. The number of nitrogens with zero attached hydrogens (tertiary/aromatic N) is 1. The van der Waals surface area contributed by atoms with Crippen LogP contribution in [-0.4, -0.2) is 23.2 Å². The van der Waals surface area contributed by atoms with E-state index in [9.17, 15) is 9.90 Å². The summed E-state index contributed by atoms with van der Waals surface area (Å²) in [6, 6.07) is 4.69. The lowest BCUT2D eigenvalue weighted by molar-refractivity contribution is -0.117. The van der Waals surface area contributed by atoms with Gasteiger partial charge in [-0.05, 0) is 25.1 Å². The largest absolute Gasteiger partial charge is 0.508 e. The van der Waals surface area contributed by atoms with Gasteiger partial charge in [0.25, 0.3) is 0 Å². The van der Waals surface area contributed by atoms with Crippen LogP contribution in [0.25, 0.3) is 0 Å². The Morgan fingerprint density at radius 1 is 1.42 bits per heavy atom. The molecule has 19 heavy (non-hydrogen) atoms. The third-order valence-corrected chi connectivity index (χ3v) is 3.42. The number of hydrogen-bond donors (Lipinski definition) is 1. The van der Waals surface area contributed by atoms with Crippen LogP contribution < -0.4 is 9.64 Å². The number of amides is 1. The van der Waals surface area contributed by atoms with Gasteiger partial charge in [0.1, 0.15) is 17.6 Å². The van der Waals surface area contributed by atoms with Gasteiger partial charge in [0.05, 0.1) is 11.7 Å². The van der Waals surface area contributed by atoms with Gasteiger partial charge < -0.3 is 9.84 Å². The molecule has 1 aromatic carbocycles. The molecule has 0 saturated carbocycles. The van der Waals surface area contributed by atoms with E-state index in [4.69, 9.17) is 4.74 Å². The predicted molar refractivity (Wildman–Crippen MR) is 72.4 cm³/mol. The average molecular weight is 257 g/mol. The average Bonchev–Trinajstić information content (AvgIpc) is 2.35. The molecule has 2 aliphatic rings. The van der Waals surface area contributed by atoms with Gasteiger partial charge >= 0.3 is 0 Å². The van der Waals surface area contributed by atoms with E-state index in [0.29, 0.717) is 11.4 Å². The highest BCUT2D eigenvalue weighted by Crippen LogP contribution is 2.40. The number of ether oxygens (including phenoxy) is 1. The third kappa shape index (κ3) is 1.89. The molecule has 2 unspecified atom stereocenters. The fraction of sp³-hybridized carbons (Fsp3) is 0.267. The Labute approximate surface area is 111 Å². The molecule has 98 valence electrons. The highest BCUT2D eigenvalue weighted by atomic mass is 16.5. The molecular weight excluding hydrogens is 242 g/mol. The summed E-state index contributed by atoms with van der Waals surface area (Å²) in [6.45, 7) is 3.53. The highest BCUT2D eigenvalue weighted by Gasteiger charge is 2.36. The summed E-state index contributed by atoms with van der Waals surface area (Å²) >= 11 is 0.